The Kier molecular flexibility index (Phi) is 3.78. The Bertz CT molecular complexity index is 647. The van der Waals surface area contributed by atoms with Crippen LogP contribution in [0.4, 0.5) is 13.2 Å². The summed E-state index contributed by atoms with van der Waals surface area (Å²) in [7, 11) is 0. The van der Waals surface area contributed by atoms with Crippen LogP contribution in [0.15, 0.2) is 30.5 Å². The summed E-state index contributed by atoms with van der Waals surface area (Å²) in [5, 5.41) is 2.56. The zero-order valence-corrected chi connectivity index (χ0v) is 10.3. The van der Waals surface area contributed by atoms with Gasteiger partial charge in [0.05, 0.1) is 0 Å². The predicted molar refractivity (Wildman–Crippen MR) is 66.4 cm³/mol. The second-order valence-electron chi connectivity index (χ2n) is 4.27. The van der Waals surface area contributed by atoms with Gasteiger partial charge in [-0.1, -0.05) is 0 Å². The lowest BCUT2D eigenvalue weighted by Gasteiger charge is -2.09. The van der Waals surface area contributed by atoms with Gasteiger partial charge in [0.2, 0.25) is 5.91 Å². The number of amides is 1. The topological polar surface area (TPSA) is 51.1 Å². The van der Waals surface area contributed by atoms with E-state index in [0.717, 1.165) is 5.39 Å². The minimum absolute atomic E-state index is 0.208. The van der Waals surface area contributed by atoms with E-state index >= 15 is 0 Å². The number of hydrogen-bond acceptors (Lipinski definition) is 2. The minimum Gasteiger partial charge on any atom is -0.345 e. The predicted octanol–water partition coefficient (Wildman–Crippen LogP) is 2.13. The molecule has 1 N–H and O–H groups in total. The van der Waals surface area contributed by atoms with Crippen molar-refractivity contribution in [2.24, 2.45) is 0 Å². The van der Waals surface area contributed by atoms with Crippen molar-refractivity contribution in [2.45, 2.75) is 12.7 Å². The Morgan fingerprint density at radius 3 is 2.70 bits per heavy atom. The van der Waals surface area contributed by atoms with Gasteiger partial charge < -0.3 is 9.88 Å². The number of nitrogens with zero attached hydrogens (tertiary/aromatic N) is 1. The summed E-state index contributed by atoms with van der Waals surface area (Å²) in [5.41, 5.74) is 1.18. The number of carbonyl (C=O) groups excluding carboxylic acids is 2. The highest BCUT2D eigenvalue weighted by atomic mass is 19.4. The average Bonchev–Trinajstić information content (AvgIpc) is 2.78. The highest BCUT2D eigenvalue weighted by molar-refractivity contribution is 5.88. The highest BCUT2D eigenvalue weighted by Gasteiger charge is 2.27. The first kappa shape index (κ1) is 14.1. The third kappa shape index (κ3) is 3.37. The molecule has 0 saturated carbocycles. The van der Waals surface area contributed by atoms with Gasteiger partial charge in [0, 0.05) is 22.7 Å². The van der Waals surface area contributed by atoms with Gasteiger partial charge in [-0.3, -0.25) is 9.59 Å². The van der Waals surface area contributed by atoms with Gasteiger partial charge in [-0.2, -0.15) is 13.2 Å². The molecule has 0 bridgehead atoms. The Hall–Kier alpha value is -2.31. The van der Waals surface area contributed by atoms with Gasteiger partial charge in [0.15, 0.2) is 0 Å². The molecule has 0 fully saturated rings. The van der Waals surface area contributed by atoms with Gasteiger partial charge in [0.1, 0.15) is 19.4 Å². The molecular weight excluding hydrogens is 273 g/mol. The van der Waals surface area contributed by atoms with Crippen molar-refractivity contribution in [2.75, 3.05) is 6.54 Å². The number of rotatable bonds is 4. The summed E-state index contributed by atoms with van der Waals surface area (Å²) in [6.07, 6.45) is -2.13. The average molecular weight is 284 g/mol. The lowest BCUT2D eigenvalue weighted by Crippen LogP contribution is -2.35. The van der Waals surface area contributed by atoms with Gasteiger partial charge in [0.25, 0.3) is 0 Å². The smallest absolute Gasteiger partial charge is 0.345 e. The minimum atomic E-state index is -4.42. The van der Waals surface area contributed by atoms with E-state index in [1.165, 1.54) is 4.57 Å². The Morgan fingerprint density at radius 1 is 1.30 bits per heavy atom. The number of benzene rings is 1. The molecule has 0 aliphatic heterocycles. The highest BCUT2D eigenvalue weighted by Crippen LogP contribution is 2.17. The Morgan fingerprint density at radius 2 is 2.05 bits per heavy atom. The number of hydrogen-bond donors (Lipinski definition) is 1. The van der Waals surface area contributed by atoms with E-state index < -0.39 is 18.6 Å². The quantitative estimate of drug-likeness (QED) is 0.874. The molecule has 2 aromatic rings. The van der Waals surface area contributed by atoms with Gasteiger partial charge >= 0.3 is 6.18 Å². The zero-order chi connectivity index (χ0) is 14.8. The van der Waals surface area contributed by atoms with Crippen LogP contribution in [0.25, 0.3) is 10.9 Å². The Labute approximate surface area is 112 Å². The molecular formula is C13H11F3N2O2. The van der Waals surface area contributed by atoms with Crippen molar-refractivity contribution in [1.82, 2.24) is 9.88 Å². The number of nitrogens with one attached hydrogen (secondary N) is 1. The largest absolute Gasteiger partial charge is 0.405 e. The maximum atomic E-state index is 12.0. The summed E-state index contributed by atoms with van der Waals surface area (Å²) in [6, 6.07) is 6.57. The fourth-order valence-electron chi connectivity index (χ4n) is 1.84. The summed E-state index contributed by atoms with van der Waals surface area (Å²) in [6.45, 7) is -1.56. The van der Waals surface area contributed by atoms with Crippen LogP contribution in [-0.4, -0.2) is 29.5 Å². The van der Waals surface area contributed by atoms with Crippen LogP contribution in [0, 0.1) is 0 Å². The van der Waals surface area contributed by atoms with Crippen molar-refractivity contribution in [1.29, 1.82) is 0 Å². The molecule has 106 valence electrons. The number of fused-ring (bicyclic) bond motifs is 1. The molecule has 7 heteroatoms. The second-order valence-corrected chi connectivity index (χ2v) is 4.27. The summed E-state index contributed by atoms with van der Waals surface area (Å²) in [5.74, 6) is -0.723. The molecule has 0 aliphatic rings. The first-order valence-electron chi connectivity index (χ1n) is 5.76. The summed E-state index contributed by atoms with van der Waals surface area (Å²) < 4.78 is 37.5. The Balaban J connectivity index is 2.10. The fraction of sp³-hybridized carbons (Fsp3) is 0.231. The number of alkyl halides is 3. The van der Waals surface area contributed by atoms with E-state index in [9.17, 15) is 22.8 Å². The molecule has 20 heavy (non-hydrogen) atoms. The number of aromatic nitrogens is 1. The van der Waals surface area contributed by atoms with Crippen LogP contribution in [-0.2, 0) is 11.3 Å². The molecule has 0 atom stereocenters. The van der Waals surface area contributed by atoms with Crippen LogP contribution in [0.5, 0.6) is 0 Å². The number of halogens is 3. The van der Waals surface area contributed by atoms with Crippen molar-refractivity contribution in [3.05, 3.63) is 36.0 Å². The molecule has 1 amide bonds. The van der Waals surface area contributed by atoms with Gasteiger partial charge in [-0.25, -0.2) is 0 Å². The zero-order valence-electron chi connectivity index (χ0n) is 10.3. The van der Waals surface area contributed by atoms with Crippen LogP contribution >= 0.6 is 0 Å². The monoisotopic (exact) mass is 284 g/mol. The molecule has 2 rings (SSSR count). The lowest BCUT2D eigenvalue weighted by atomic mass is 10.2. The van der Waals surface area contributed by atoms with Crippen molar-refractivity contribution in [3.8, 4) is 0 Å². The fourth-order valence-corrected chi connectivity index (χ4v) is 1.84. The van der Waals surface area contributed by atoms with Gasteiger partial charge in [-0.05, 0) is 24.3 Å². The van der Waals surface area contributed by atoms with Crippen molar-refractivity contribution in [3.63, 3.8) is 0 Å². The summed E-state index contributed by atoms with van der Waals surface area (Å²) in [4.78, 5) is 22.1. The molecule has 0 unspecified atom stereocenters. The standard InChI is InChI=1S/C13H11F3N2O2/c14-13(15,16)8-17-12(20)6-18-4-3-10-5-9(7-19)1-2-11(10)18/h1-5,7H,6,8H2,(H,17,20). The van der Waals surface area contributed by atoms with Gasteiger partial charge in [-0.15, -0.1) is 0 Å². The van der Waals surface area contributed by atoms with E-state index in [4.69, 9.17) is 0 Å². The van der Waals surface area contributed by atoms with E-state index in [2.05, 4.69) is 0 Å². The molecule has 1 heterocycles. The van der Waals surface area contributed by atoms with E-state index in [1.54, 1.807) is 30.5 Å². The van der Waals surface area contributed by atoms with Crippen molar-refractivity contribution >= 4 is 23.1 Å². The van der Waals surface area contributed by atoms with E-state index in [-0.39, 0.29) is 6.54 Å². The van der Waals surface area contributed by atoms with E-state index in [0.29, 0.717) is 17.4 Å². The normalized spacial score (nSPS) is 11.6. The van der Waals surface area contributed by atoms with E-state index in [1.807, 2.05) is 5.32 Å². The number of carbonyl (C=O) groups is 2. The molecule has 0 aliphatic carbocycles. The van der Waals surface area contributed by atoms with Crippen LogP contribution in [0.1, 0.15) is 10.4 Å². The van der Waals surface area contributed by atoms with Crippen molar-refractivity contribution < 1.29 is 22.8 Å². The molecule has 4 nitrogen and oxygen atoms in total. The summed E-state index contributed by atoms with van der Waals surface area (Å²) >= 11 is 0. The molecule has 1 aromatic heterocycles. The second kappa shape index (κ2) is 5.36. The lowest BCUT2D eigenvalue weighted by molar-refractivity contribution is -0.138. The number of aldehydes is 1. The van der Waals surface area contributed by atoms with Crippen LogP contribution in [0.3, 0.4) is 0 Å². The third-order valence-electron chi connectivity index (χ3n) is 2.73. The first-order valence-corrected chi connectivity index (χ1v) is 5.76. The molecule has 0 saturated heterocycles. The van der Waals surface area contributed by atoms with Crippen LogP contribution < -0.4 is 5.32 Å². The van der Waals surface area contributed by atoms with Crippen LogP contribution in [0.2, 0.25) is 0 Å². The molecule has 0 spiro atoms. The maximum Gasteiger partial charge on any atom is 0.405 e. The molecule has 0 radical (unpaired) electrons. The maximum absolute atomic E-state index is 12.0. The third-order valence-corrected chi connectivity index (χ3v) is 2.73. The SMILES string of the molecule is O=Cc1ccc2c(ccn2CC(=O)NCC(F)(F)F)c1. The molecule has 1 aromatic carbocycles. The first-order chi connectivity index (χ1) is 9.39.